The number of benzene rings is 1. The monoisotopic (exact) mass is 366 g/mol. The fourth-order valence-electron chi connectivity index (χ4n) is 1.84. The second-order valence-corrected chi connectivity index (χ2v) is 8.60. The van der Waals surface area contributed by atoms with Crippen molar-refractivity contribution in [1.29, 1.82) is 0 Å². The first kappa shape index (κ1) is 16.6. The zero-order chi connectivity index (χ0) is 15.7. The van der Waals surface area contributed by atoms with Crippen LogP contribution in [0.4, 0.5) is 0 Å². The summed E-state index contributed by atoms with van der Waals surface area (Å²) in [5, 5.41) is 0. The van der Waals surface area contributed by atoms with E-state index in [1.54, 1.807) is 48.3 Å². The average Bonchev–Trinajstić information content (AvgIpc) is 2.82. The van der Waals surface area contributed by atoms with Gasteiger partial charge in [0.25, 0.3) is 0 Å². The fraction of sp³-hybridized carbons (Fsp3) is 0.231. The van der Waals surface area contributed by atoms with Crippen LogP contribution in [0.3, 0.4) is 0 Å². The lowest BCUT2D eigenvalue weighted by atomic mass is 10.2. The molecule has 21 heavy (non-hydrogen) atoms. The van der Waals surface area contributed by atoms with Crippen molar-refractivity contribution < 1.29 is 8.42 Å². The highest BCUT2D eigenvalue weighted by Gasteiger charge is 2.37. The van der Waals surface area contributed by atoms with Gasteiger partial charge < -0.3 is 4.57 Å². The minimum Gasteiger partial charge on any atom is -0.357 e. The minimum absolute atomic E-state index is 0.111. The van der Waals surface area contributed by atoms with Gasteiger partial charge >= 0.3 is 0 Å². The molecule has 0 saturated carbocycles. The van der Waals surface area contributed by atoms with Crippen molar-refractivity contribution in [2.45, 2.75) is 14.7 Å². The van der Waals surface area contributed by atoms with Gasteiger partial charge in [0, 0.05) is 19.4 Å². The van der Waals surface area contributed by atoms with Crippen molar-refractivity contribution in [3.63, 3.8) is 0 Å². The van der Waals surface area contributed by atoms with Gasteiger partial charge in [-0.25, -0.2) is 8.42 Å². The van der Waals surface area contributed by atoms with E-state index in [0.717, 1.165) is 0 Å². The molecule has 8 heteroatoms. The van der Waals surface area contributed by atoms with Gasteiger partial charge in [0.05, 0.1) is 10.9 Å². The summed E-state index contributed by atoms with van der Waals surface area (Å²) >= 11 is 17.8. The maximum atomic E-state index is 12.4. The molecule has 0 fully saturated rings. The van der Waals surface area contributed by atoms with Gasteiger partial charge in [-0.1, -0.05) is 53.0 Å². The normalized spacial score (nSPS) is 14.1. The highest BCUT2D eigenvalue weighted by atomic mass is 35.6. The van der Waals surface area contributed by atoms with Gasteiger partial charge in [0.1, 0.15) is 0 Å². The number of alkyl halides is 3. The van der Waals surface area contributed by atoms with Crippen molar-refractivity contribution in [2.24, 2.45) is 7.05 Å². The molecule has 0 amide bonds. The number of hydrogen-bond donors (Lipinski definition) is 1. The summed E-state index contributed by atoms with van der Waals surface area (Å²) in [4.78, 5) is 0.111. The number of hydrogen-bond acceptors (Lipinski definition) is 2. The quantitative estimate of drug-likeness (QED) is 0.842. The molecule has 0 bridgehead atoms. The van der Waals surface area contributed by atoms with Crippen LogP contribution in [0.25, 0.3) is 0 Å². The molecular formula is C13H13Cl3N2O2S. The molecule has 0 saturated heterocycles. The fourth-order valence-corrected chi connectivity index (χ4v) is 3.85. The molecule has 2 rings (SSSR count). The Morgan fingerprint density at radius 2 is 1.76 bits per heavy atom. The van der Waals surface area contributed by atoms with Crippen LogP contribution in [0.5, 0.6) is 0 Å². The Hall–Kier alpha value is -0.720. The molecule has 1 heterocycles. The topological polar surface area (TPSA) is 51.1 Å². The Morgan fingerprint density at radius 1 is 1.14 bits per heavy atom. The summed E-state index contributed by atoms with van der Waals surface area (Å²) in [5.41, 5.74) is 0.567. The van der Waals surface area contributed by atoms with Gasteiger partial charge in [-0.05, 0) is 23.8 Å². The lowest BCUT2D eigenvalue weighted by Gasteiger charge is -2.24. The Kier molecular flexibility index (Phi) is 4.90. The summed E-state index contributed by atoms with van der Waals surface area (Å²) in [5.74, 6) is 0. The number of nitrogens with one attached hydrogen (secondary N) is 1. The van der Waals surface area contributed by atoms with E-state index in [2.05, 4.69) is 4.72 Å². The van der Waals surface area contributed by atoms with Crippen molar-refractivity contribution in [3.05, 3.63) is 54.4 Å². The van der Waals surface area contributed by atoms with Crippen LogP contribution in [0.1, 0.15) is 11.6 Å². The van der Waals surface area contributed by atoms with Crippen LogP contribution in [0.15, 0.2) is 53.7 Å². The van der Waals surface area contributed by atoms with Crippen LogP contribution >= 0.6 is 34.8 Å². The van der Waals surface area contributed by atoms with Gasteiger partial charge in [-0.3, -0.25) is 0 Å². The van der Waals surface area contributed by atoms with Crippen LogP contribution in [0, 0.1) is 0 Å². The Bertz CT molecular complexity index is 709. The maximum absolute atomic E-state index is 12.4. The van der Waals surface area contributed by atoms with E-state index in [-0.39, 0.29) is 4.90 Å². The summed E-state index contributed by atoms with van der Waals surface area (Å²) in [7, 11) is -2.00. The van der Waals surface area contributed by atoms with Gasteiger partial charge in [-0.15, -0.1) is 0 Å². The number of halogens is 3. The van der Waals surface area contributed by atoms with Crippen LogP contribution in [-0.4, -0.2) is 16.8 Å². The molecule has 0 aliphatic heterocycles. The smallest absolute Gasteiger partial charge is 0.241 e. The van der Waals surface area contributed by atoms with Gasteiger partial charge in [-0.2, -0.15) is 4.72 Å². The second-order valence-electron chi connectivity index (χ2n) is 4.52. The third-order valence-electron chi connectivity index (χ3n) is 2.84. The van der Waals surface area contributed by atoms with E-state index in [4.69, 9.17) is 34.8 Å². The molecule has 1 unspecified atom stereocenters. The highest BCUT2D eigenvalue weighted by molar-refractivity contribution is 7.89. The lowest BCUT2D eigenvalue weighted by Crippen LogP contribution is -2.36. The summed E-state index contributed by atoms with van der Waals surface area (Å²) in [6.45, 7) is 0. The molecule has 2 aromatic rings. The van der Waals surface area contributed by atoms with E-state index in [0.29, 0.717) is 5.56 Å². The zero-order valence-electron chi connectivity index (χ0n) is 11.0. The lowest BCUT2D eigenvalue weighted by molar-refractivity contribution is 0.558. The molecule has 0 spiro atoms. The molecule has 1 aromatic heterocycles. The number of aromatic nitrogens is 1. The molecule has 0 aliphatic carbocycles. The average molecular weight is 368 g/mol. The van der Waals surface area contributed by atoms with Crippen molar-refractivity contribution >= 4 is 44.8 Å². The van der Waals surface area contributed by atoms with Crippen molar-refractivity contribution in [2.75, 3.05) is 0 Å². The Labute approximate surface area is 138 Å². The number of nitrogens with zero attached hydrogens (tertiary/aromatic N) is 1. The number of sulfonamides is 1. The summed E-state index contributed by atoms with van der Waals surface area (Å²) < 4.78 is 27.1. The van der Waals surface area contributed by atoms with Gasteiger partial charge in [0.2, 0.25) is 13.8 Å². The molecule has 4 nitrogen and oxygen atoms in total. The molecule has 114 valence electrons. The molecule has 1 N–H and O–H groups in total. The summed E-state index contributed by atoms with van der Waals surface area (Å²) in [6.07, 6.45) is 3.44. The molecular weight excluding hydrogens is 355 g/mol. The van der Waals surface area contributed by atoms with E-state index in [1.165, 1.54) is 12.1 Å². The highest BCUT2D eigenvalue weighted by Crippen LogP contribution is 2.40. The molecule has 0 aliphatic rings. The first-order valence-corrected chi connectivity index (χ1v) is 8.58. The summed E-state index contributed by atoms with van der Waals surface area (Å²) in [6, 6.07) is 8.63. The maximum Gasteiger partial charge on any atom is 0.241 e. The largest absolute Gasteiger partial charge is 0.357 e. The third kappa shape index (κ3) is 4.14. The van der Waals surface area contributed by atoms with Crippen LogP contribution in [0.2, 0.25) is 0 Å². The predicted octanol–water partition coefficient (Wildman–Crippen LogP) is 3.41. The van der Waals surface area contributed by atoms with Gasteiger partial charge in [0.15, 0.2) is 0 Å². The van der Waals surface area contributed by atoms with Crippen molar-refractivity contribution in [1.82, 2.24) is 9.29 Å². The first-order valence-electron chi connectivity index (χ1n) is 5.96. The molecule has 1 aromatic carbocycles. The molecule has 0 radical (unpaired) electrons. The zero-order valence-corrected chi connectivity index (χ0v) is 14.1. The Balaban J connectivity index is 2.37. The van der Waals surface area contributed by atoms with Crippen molar-refractivity contribution in [3.8, 4) is 0 Å². The third-order valence-corrected chi connectivity index (χ3v) is 4.94. The van der Waals surface area contributed by atoms with Crippen LogP contribution < -0.4 is 4.72 Å². The molecule has 1 atom stereocenters. The number of rotatable bonds is 4. The predicted molar refractivity (Wildman–Crippen MR) is 85.2 cm³/mol. The van der Waals surface area contributed by atoms with E-state index in [9.17, 15) is 8.42 Å². The van der Waals surface area contributed by atoms with E-state index >= 15 is 0 Å². The second kappa shape index (κ2) is 6.18. The minimum atomic E-state index is -3.79. The SMILES string of the molecule is Cn1ccc(C(NS(=O)(=O)c2ccccc2)C(Cl)(Cl)Cl)c1. The van der Waals surface area contributed by atoms with Crippen LogP contribution in [-0.2, 0) is 17.1 Å². The van der Waals surface area contributed by atoms with E-state index in [1.807, 2.05) is 0 Å². The van der Waals surface area contributed by atoms with E-state index < -0.39 is 19.9 Å². The first-order chi connectivity index (χ1) is 9.70. The standard InChI is InChI=1S/C13H13Cl3N2O2S/c1-18-8-7-10(9-18)12(13(14,15)16)17-21(19,20)11-5-3-2-4-6-11/h2-9,12,17H,1H3. The Morgan fingerprint density at radius 3 is 2.24 bits per heavy atom. The number of aryl methyl sites for hydroxylation is 1.